The molecule has 0 bridgehead atoms. The molecule has 2 aromatic rings. The van der Waals surface area contributed by atoms with Crippen molar-refractivity contribution in [1.82, 2.24) is 0 Å². The van der Waals surface area contributed by atoms with Gasteiger partial charge in [-0.1, -0.05) is 29.8 Å². The Bertz CT molecular complexity index is 537. The van der Waals surface area contributed by atoms with Gasteiger partial charge in [-0.05, 0) is 76.9 Å². The Hall–Kier alpha value is -0.580. The maximum absolute atomic E-state index is 6.27. The van der Waals surface area contributed by atoms with E-state index in [0.29, 0.717) is 0 Å². The van der Waals surface area contributed by atoms with Gasteiger partial charge >= 0.3 is 0 Å². The Morgan fingerprint density at radius 3 is 2.50 bits per heavy atom. The number of aryl methyl sites for hydroxylation is 1. The molecule has 0 saturated carbocycles. The maximum Gasteiger partial charge on any atom is 0.0409 e. The number of rotatable bonds is 3. The van der Waals surface area contributed by atoms with E-state index < -0.39 is 0 Å². The Morgan fingerprint density at radius 2 is 1.83 bits per heavy atom. The molecule has 0 aromatic heterocycles. The first-order chi connectivity index (χ1) is 8.56. The maximum atomic E-state index is 6.27. The van der Waals surface area contributed by atoms with Crippen molar-refractivity contribution in [1.29, 1.82) is 0 Å². The summed E-state index contributed by atoms with van der Waals surface area (Å²) in [5.41, 5.74) is 9.84. The third kappa shape index (κ3) is 3.46. The van der Waals surface area contributed by atoms with Crippen LogP contribution in [0.3, 0.4) is 0 Å². The van der Waals surface area contributed by atoms with Gasteiger partial charge < -0.3 is 5.73 Å². The quantitative estimate of drug-likeness (QED) is 0.790. The van der Waals surface area contributed by atoms with Gasteiger partial charge in [0.25, 0.3) is 0 Å². The zero-order valence-electron chi connectivity index (χ0n) is 10.2. The van der Waals surface area contributed by atoms with Gasteiger partial charge in [-0.25, -0.2) is 0 Å². The molecular formula is C15H15ClIN. The molecule has 0 amide bonds. The highest BCUT2D eigenvalue weighted by atomic mass is 127. The highest BCUT2D eigenvalue weighted by Crippen LogP contribution is 2.23. The van der Waals surface area contributed by atoms with Crippen LogP contribution in [0.2, 0.25) is 5.02 Å². The molecule has 0 fully saturated rings. The van der Waals surface area contributed by atoms with Gasteiger partial charge in [-0.15, -0.1) is 0 Å². The van der Waals surface area contributed by atoms with Gasteiger partial charge in [0.1, 0.15) is 0 Å². The molecule has 0 aliphatic carbocycles. The molecule has 2 rings (SSSR count). The Labute approximate surface area is 126 Å². The normalized spacial score (nSPS) is 12.4. The van der Waals surface area contributed by atoms with Gasteiger partial charge in [-0.3, -0.25) is 0 Å². The molecule has 0 saturated heterocycles. The van der Waals surface area contributed by atoms with Crippen molar-refractivity contribution in [3.63, 3.8) is 0 Å². The van der Waals surface area contributed by atoms with Crippen molar-refractivity contribution in [2.75, 3.05) is 0 Å². The van der Waals surface area contributed by atoms with Crippen LogP contribution < -0.4 is 5.73 Å². The summed E-state index contributed by atoms with van der Waals surface area (Å²) in [6.45, 7) is 2.07. The van der Waals surface area contributed by atoms with Gasteiger partial charge in [0.05, 0.1) is 0 Å². The molecule has 0 aliphatic heterocycles. The van der Waals surface area contributed by atoms with E-state index in [1.165, 1.54) is 14.7 Å². The van der Waals surface area contributed by atoms with Gasteiger partial charge in [-0.2, -0.15) is 0 Å². The summed E-state index contributed by atoms with van der Waals surface area (Å²) in [4.78, 5) is 0. The lowest BCUT2D eigenvalue weighted by Crippen LogP contribution is -2.14. The molecule has 2 aromatic carbocycles. The second kappa shape index (κ2) is 6.04. The van der Waals surface area contributed by atoms with Crippen LogP contribution in [-0.4, -0.2) is 0 Å². The predicted octanol–water partition coefficient (Wildman–Crippen LogP) is 4.50. The summed E-state index contributed by atoms with van der Waals surface area (Å²) in [5.74, 6) is 0. The molecule has 0 spiro atoms. The number of benzene rings is 2. The lowest BCUT2D eigenvalue weighted by atomic mass is 9.96. The van der Waals surface area contributed by atoms with E-state index in [0.717, 1.165) is 17.0 Å². The smallest absolute Gasteiger partial charge is 0.0409 e. The molecule has 94 valence electrons. The van der Waals surface area contributed by atoms with Crippen LogP contribution in [0.25, 0.3) is 0 Å². The zero-order chi connectivity index (χ0) is 13.1. The largest absolute Gasteiger partial charge is 0.324 e. The third-order valence-corrected chi connectivity index (χ3v) is 3.96. The molecule has 2 N–H and O–H groups in total. The standard InChI is InChI=1S/C15H15ClIN/c1-10-2-5-12(16)9-14(10)15(18)8-11-3-6-13(17)7-4-11/h2-7,9,15H,8,18H2,1H3. The SMILES string of the molecule is Cc1ccc(Cl)cc1C(N)Cc1ccc(I)cc1. The summed E-state index contributed by atoms with van der Waals surface area (Å²) >= 11 is 8.33. The predicted molar refractivity (Wildman–Crippen MR) is 86.0 cm³/mol. The second-order valence-corrected chi connectivity index (χ2v) is 6.12. The summed E-state index contributed by atoms with van der Waals surface area (Å²) in [6.07, 6.45) is 0.831. The van der Waals surface area contributed by atoms with Crippen molar-refractivity contribution >= 4 is 34.2 Å². The first-order valence-electron chi connectivity index (χ1n) is 5.82. The van der Waals surface area contributed by atoms with E-state index in [1.807, 2.05) is 18.2 Å². The van der Waals surface area contributed by atoms with Crippen LogP contribution in [0.5, 0.6) is 0 Å². The molecule has 18 heavy (non-hydrogen) atoms. The van der Waals surface area contributed by atoms with E-state index in [2.05, 4.69) is 53.8 Å². The second-order valence-electron chi connectivity index (χ2n) is 4.44. The molecule has 1 atom stereocenters. The van der Waals surface area contributed by atoms with Crippen molar-refractivity contribution < 1.29 is 0 Å². The molecular weight excluding hydrogens is 357 g/mol. The summed E-state index contributed by atoms with van der Waals surface area (Å²) < 4.78 is 1.24. The number of hydrogen-bond acceptors (Lipinski definition) is 1. The monoisotopic (exact) mass is 371 g/mol. The van der Waals surface area contributed by atoms with Crippen molar-refractivity contribution in [2.24, 2.45) is 5.73 Å². The first-order valence-corrected chi connectivity index (χ1v) is 7.28. The Kier molecular flexibility index (Phi) is 4.65. The number of nitrogens with two attached hydrogens (primary N) is 1. The minimum Gasteiger partial charge on any atom is -0.324 e. The van der Waals surface area contributed by atoms with E-state index in [4.69, 9.17) is 17.3 Å². The van der Waals surface area contributed by atoms with Crippen LogP contribution >= 0.6 is 34.2 Å². The fourth-order valence-corrected chi connectivity index (χ4v) is 2.54. The van der Waals surface area contributed by atoms with Crippen molar-refractivity contribution in [2.45, 2.75) is 19.4 Å². The van der Waals surface area contributed by atoms with Gasteiger partial charge in [0.15, 0.2) is 0 Å². The fourth-order valence-electron chi connectivity index (χ4n) is 2.00. The molecule has 0 heterocycles. The van der Waals surface area contributed by atoms with E-state index >= 15 is 0 Å². The van der Waals surface area contributed by atoms with E-state index in [1.54, 1.807) is 0 Å². The topological polar surface area (TPSA) is 26.0 Å². The minimum atomic E-state index is -0.0104. The highest BCUT2D eigenvalue weighted by Gasteiger charge is 2.10. The average Bonchev–Trinajstić information content (AvgIpc) is 2.35. The highest BCUT2D eigenvalue weighted by molar-refractivity contribution is 14.1. The Balaban J connectivity index is 2.18. The summed E-state index contributed by atoms with van der Waals surface area (Å²) in [5, 5.41) is 0.744. The first kappa shape index (κ1) is 13.8. The van der Waals surface area contributed by atoms with Crippen molar-refractivity contribution in [3.05, 3.63) is 67.7 Å². The Morgan fingerprint density at radius 1 is 1.17 bits per heavy atom. The lowest BCUT2D eigenvalue weighted by Gasteiger charge is -2.15. The van der Waals surface area contributed by atoms with Crippen molar-refractivity contribution in [3.8, 4) is 0 Å². The van der Waals surface area contributed by atoms with Crippen LogP contribution in [-0.2, 0) is 6.42 Å². The van der Waals surface area contributed by atoms with Crippen LogP contribution in [0, 0.1) is 10.5 Å². The van der Waals surface area contributed by atoms with Crippen LogP contribution in [0.1, 0.15) is 22.7 Å². The molecule has 1 unspecified atom stereocenters. The summed E-state index contributed by atoms with van der Waals surface area (Å²) in [7, 11) is 0. The van der Waals surface area contributed by atoms with E-state index in [-0.39, 0.29) is 6.04 Å². The third-order valence-electron chi connectivity index (χ3n) is 3.01. The van der Waals surface area contributed by atoms with Gasteiger partial charge in [0.2, 0.25) is 0 Å². The lowest BCUT2D eigenvalue weighted by molar-refractivity contribution is 0.716. The van der Waals surface area contributed by atoms with E-state index in [9.17, 15) is 0 Å². The number of hydrogen-bond donors (Lipinski definition) is 1. The zero-order valence-corrected chi connectivity index (χ0v) is 13.1. The number of halogens is 2. The minimum absolute atomic E-state index is 0.0104. The van der Waals surface area contributed by atoms with Crippen LogP contribution in [0.15, 0.2) is 42.5 Å². The van der Waals surface area contributed by atoms with Gasteiger partial charge in [0, 0.05) is 14.6 Å². The molecule has 1 nitrogen and oxygen atoms in total. The molecule has 0 aliphatic rings. The fraction of sp³-hybridized carbons (Fsp3) is 0.200. The molecule has 3 heteroatoms. The summed E-state index contributed by atoms with van der Waals surface area (Å²) in [6, 6.07) is 14.3. The average molecular weight is 372 g/mol. The van der Waals surface area contributed by atoms with Crippen LogP contribution in [0.4, 0.5) is 0 Å². The molecule has 0 radical (unpaired) electrons.